The monoisotopic (exact) mass is 415 g/mol. The van der Waals surface area contributed by atoms with Crippen LogP contribution in [0.3, 0.4) is 0 Å². The number of aliphatic hydroxyl groups excluding tert-OH is 1. The number of piperidine rings is 1. The second kappa shape index (κ2) is 9.68. The Balaban J connectivity index is 1.24. The first-order valence-electron chi connectivity index (χ1n) is 10.7. The van der Waals surface area contributed by atoms with Gasteiger partial charge >= 0.3 is 0 Å². The van der Waals surface area contributed by atoms with Crippen molar-refractivity contribution < 1.29 is 23.9 Å². The topological polar surface area (TPSA) is 97.9 Å². The third-order valence-electron chi connectivity index (χ3n) is 5.97. The highest BCUT2D eigenvalue weighted by Gasteiger charge is 2.41. The van der Waals surface area contributed by atoms with Crippen molar-refractivity contribution in [1.82, 2.24) is 15.0 Å². The number of ether oxygens (including phenoxy) is 2. The largest absolute Gasteiger partial charge is 0.394 e. The minimum Gasteiger partial charge on any atom is -0.394 e. The zero-order valence-electron chi connectivity index (χ0n) is 17.2. The predicted octanol–water partition coefficient (Wildman–Crippen LogP) is 2.22. The first-order chi connectivity index (χ1) is 14.7. The Kier molecular flexibility index (Phi) is 6.76. The molecule has 0 aliphatic carbocycles. The zero-order chi connectivity index (χ0) is 20.8. The van der Waals surface area contributed by atoms with Gasteiger partial charge in [-0.05, 0) is 19.3 Å². The van der Waals surface area contributed by atoms with Gasteiger partial charge in [-0.2, -0.15) is 4.98 Å². The van der Waals surface area contributed by atoms with Crippen molar-refractivity contribution in [3.8, 4) is 11.4 Å². The van der Waals surface area contributed by atoms with E-state index in [-0.39, 0.29) is 24.2 Å². The maximum Gasteiger partial charge on any atom is 0.227 e. The van der Waals surface area contributed by atoms with Crippen LogP contribution >= 0.6 is 0 Å². The molecule has 30 heavy (non-hydrogen) atoms. The summed E-state index contributed by atoms with van der Waals surface area (Å²) in [5, 5.41) is 13.0. The van der Waals surface area contributed by atoms with Gasteiger partial charge in [0.2, 0.25) is 17.6 Å². The fraction of sp³-hybridized carbons (Fsp3) is 0.591. The summed E-state index contributed by atoms with van der Waals surface area (Å²) >= 11 is 0. The smallest absolute Gasteiger partial charge is 0.227 e. The lowest BCUT2D eigenvalue weighted by Crippen LogP contribution is -2.52. The molecular formula is C22H29N3O5. The summed E-state index contributed by atoms with van der Waals surface area (Å²) in [5.74, 6) is 1.13. The Bertz CT molecular complexity index is 817. The van der Waals surface area contributed by atoms with Crippen LogP contribution in [-0.4, -0.2) is 70.7 Å². The molecule has 2 saturated heterocycles. The number of aromatic nitrogens is 2. The quantitative estimate of drug-likeness (QED) is 0.740. The van der Waals surface area contributed by atoms with E-state index in [4.69, 9.17) is 19.1 Å². The Labute approximate surface area is 176 Å². The van der Waals surface area contributed by atoms with Crippen molar-refractivity contribution in [2.75, 3.05) is 32.9 Å². The number of carbonyl (C=O) groups excluding carboxylic acids is 1. The van der Waals surface area contributed by atoms with Crippen LogP contribution in [0.4, 0.5) is 0 Å². The average molecular weight is 415 g/mol. The van der Waals surface area contributed by atoms with Gasteiger partial charge in [0.1, 0.15) is 0 Å². The number of carbonyl (C=O) groups is 1. The van der Waals surface area contributed by atoms with Crippen LogP contribution in [0.15, 0.2) is 34.9 Å². The van der Waals surface area contributed by atoms with Gasteiger partial charge in [0, 0.05) is 44.5 Å². The lowest BCUT2D eigenvalue weighted by molar-refractivity contribution is -0.162. The van der Waals surface area contributed by atoms with Crippen LogP contribution in [0.2, 0.25) is 0 Å². The van der Waals surface area contributed by atoms with E-state index in [2.05, 4.69) is 10.1 Å². The van der Waals surface area contributed by atoms with Gasteiger partial charge in [0.15, 0.2) is 0 Å². The Morgan fingerprint density at radius 1 is 1.27 bits per heavy atom. The highest BCUT2D eigenvalue weighted by Crippen LogP contribution is 2.36. The molecule has 2 aliphatic heterocycles. The summed E-state index contributed by atoms with van der Waals surface area (Å²) in [4.78, 5) is 19.0. The molecule has 1 aromatic heterocycles. The molecule has 2 aliphatic rings. The molecule has 0 bridgehead atoms. The Morgan fingerprint density at radius 3 is 2.83 bits per heavy atom. The van der Waals surface area contributed by atoms with E-state index in [9.17, 15) is 4.79 Å². The standard InChI is InChI=1S/C22H29N3O5/c26-13-15-28-18-8-14-29-22(16-18)9-11-25(12-10-22)20(27)7-6-19-23-21(24-30-19)17-4-2-1-3-5-17/h1-5,18,26H,6-16H2. The number of amides is 1. The van der Waals surface area contributed by atoms with E-state index < -0.39 is 0 Å². The van der Waals surface area contributed by atoms with E-state index in [1.54, 1.807) is 0 Å². The van der Waals surface area contributed by atoms with Crippen LogP contribution in [0.25, 0.3) is 11.4 Å². The minimum atomic E-state index is -0.202. The highest BCUT2D eigenvalue weighted by molar-refractivity contribution is 5.76. The SMILES string of the molecule is O=C(CCc1nc(-c2ccccc2)no1)N1CCC2(CC1)CC(OCCO)CCO2. The number of aliphatic hydroxyl groups is 1. The third-order valence-corrected chi connectivity index (χ3v) is 5.97. The molecule has 8 nitrogen and oxygen atoms in total. The normalized spacial score (nSPS) is 21.1. The van der Waals surface area contributed by atoms with Crippen LogP contribution in [0.1, 0.15) is 38.0 Å². The minimum absolute atomic E-state index is 0.0412. The van der Waals surface area contributed by atoms with E-state index in [1.165, 1.54) is 0 Å². The number of hydrogen-bond donors (Lipinski definition) is 1. The summed E-state index contributed by atoms with van der Waals surface area (Å²) in [6.45, 7) is 2.45. The molecule has 0 saturated carbocycles. The molecule has 1 atom stereocenters. The fourth-order valence-corrected chi connectivity index (χ4v) is 4.29. The Morgan fingerprint density at radius 2 is 2.07 bits per heavy atom. The van der Waals surface area contributed by atoms with Crippen LogP contribution in [-0.2, 0) is 20.7 Å². The van der Waals surface area contributed by atoms with Crippen LogP contribution in [0.5, 0.6) is 0 Å². The molecule has 8 heteroatoms. The van der Waals surface area contributed by atoms with Crippen LogP contribution in [0, 0.1) is 0 Å². The molecule has 2 fully saturated rings. The number of rotatable bonds is 7. The van der Waals surface area contributed by atoms with Gasteiger partial charge in [0.25, 0.3) is 0 Å². The maximum atomic E-state index is 12.7. The van der Waals surface area contributed by atoms with E-state index in [0.717, 1.165) is 31.2 Å². The number of aryl methyl sites for hydroxylation is 1. The van der Waals surface area contributed by atoms with Crippen molar-refractivity contribution >= 4 is 5.91 Å². The molecule has 3 heterocycles. The molecule has 1 N–H and O–H groups in total. The molecule has 4 rings (SSSR count). The number of benzene rings is 1. The molecule has 2 aromatic rings. The van der Waals surface area contributed by atoms with Gasteiger partial charge < -0.3 is 24.0 Å². The number of likely N-dealkylation sites (tertiary alicyclic amines) is 1. The second-order valence-electron chi connectivity index (χ2n) is 8.00. The zero-order valence-corrected chi connectivity index (χ0v) is 17.2. The summed E-state index contributed by atoms with van der Waals surface area (Å²) in [5.41, 5.74) is 0.695. The van der Waals surface area contributed by atoms with Crippen molar-refractivity contribution in [1.29, 1.82) is 0 Å². The summed E-state index contributed by atoms with van der Waals surface area (Å²) in [7, 11) is 0. The maximum absolute atomic E-state index is 12.7. The van der Waals surface area contributed by atoms with E-state index in [1.807, 2.05) is 35.2 Å². The van der Waals surface area contributed by atoms with Gasteiger partial charge in [-0.3, -0.25) is 4.79 Å². The van der Waals surface area contributed by atoms with Gasteiger partial charge in [-0.15, -0.1) is 0 Å². The summed E-state index contributed by atoms with van der Waals surface area (Å²) < 4.78 is 17.1. The molecular weight excluding hydrogens is 386 g/mol. The molecule has 0 radical (unpaired) electrons. The average Bonchev–Trinajstić information content (AvgIpc) is 3.26. The van der Waals surface area contributed by atoms with Crippen molar-refractivity contribution in [3.63, 3.8) is 0 Å². The second-order valence-corrected chi connectivity index (χ2v) is 8.00. The first kappa shape index (κ1) is 21.0. The van der Waals surface area contributed by atoms with Crippen molar-refractivity contribution in [2.24, 2.45) is 0 Å². The van der Waals surface area contributed by atoms with Gasteiger partial charge in [-0.1, -0.05) is 35.5 Å². The lowest BCUT2D eigenvalue weighted by atomic mass is 9.83. The number of hydrogen-bond acceptors (Lipinski definition) is 7. The van der Waals surface area contributed by atoms with Gasteiger partial charge in [0.05, 0.1) is 24.9 Å². The predicted molar refractivity (Wildman–Crippen MR) is 109 cm³/mol. The molecule has 1 amide bonds. The fourth-order valence-electron chi connectivity index (χ4n) is 4.29. The summed E-state index contributed by atoms with van der Waals surface area (Å²) in [6.07, 6.45) is 4.25. The molecule has 1 spiro atoms. The van der Waals surface area contributed by atoms with Crippen molar-refractivity contribution in [2.45, 2.75) is 50.2 Å². The number of nitrogens with zero attached hydrogens (tertiary/aromatic N) is 3. The first-order valence-corrected chi connectivity index (χ1v) is 10.7. The third kappa shape index (κ3) is 5.06. The summed E-state index contributed by atoms with van der Waals surface area (Å²) in [6, 6.07) is 9.64. The molecule has 1 unspecified atom stereocenters. The lowest BCUT2D eigenvalue weighted by Gasteiger charge is -2.46. The Hall–Kier alpha value is -2.29. The van der Waals surface area contributed by atoms with E-state index in [0.29, 0.717) is 50.9 Å². The highest BCUT2D eigenvalue weighted by atomic mass is 16.5. The van der Waals surface area contributed by atoms with E-state index >= 15 is 0 Å². The van der Waals surface area contributed by atoms with Crippen molar-refractivity contribution in [3.05, 3.63) is 36.2 Å². The van der Waals surface area contributed by atoms with Gasteiger partial charge in [-0.25, -0.2) is 0 Å². The van der Waals surface area contributed by atoms with Crippen LogP contribution < -0.4 is 0 Å². The molecule has 162 valence electrons. The molecule has 1 aromatic carbocycles.